The van der Waals surface area contributed by atoms with Gasteiger partial charge < -0.3 is 19.5 Å². The number of benzene rings is 2. The topological polar surface area (TPSA) is 60.0 Å². The number of piperidine rings is 3. The summed E-state index contributed by atoms with van der Waals surface area (Å²) in [4.78, 5) is 15.4. The van der Waals surface area contributed by atoms with E-state index in [1.165, 1.54) is 5.56 Å². The fraction of sp³-hybridized carbons (Fsp3) is 0.519. The Morgan fingerprint density at radius 1 is 1.06 bits per heavy atom. The van der Waals surface area contributed by atoms with Crippen LogP contribution in [-0.2, 0) is 11.2 Å². The molecule has 0 spiro atoms. The van der Waals surface area contributed by atoms with E-state index in [9.17, 15) is 4.79 Å². The number of hydrogen-bond acceptors (Lipinski definition) is 5. The lowest BCUT2D eigenvalue weighted by molar-refractivity contribution is -0.0349. The Kier molecular flexibility index (Phi) is 6.15. The number of hydrogen-bond donors (Lipinski definition) is 1. The van der Waals surface area contributed by atoms with Gasteiger partial charge in [-0.3, -0.25) is 4.90 Å². The predicted molar refractivity (Wildman–Crippen MR) is 133 cm³/mol. The lowest BCUT2D eigenvalue weighted by Crippen LogP contribution is -2.53. The first-order chi connectivity index (χ1) is 16.3. The number of carbonyl (C=O) groups is 1. The molecular formula is C27H33ClN2O4. The maximum Gasteiger partial charge on any atom is 0.407 e. The Labute approximate surface area is 206 Å². The van der Waals surface area contributed by atoms with Crippen molar-refractivity contribution in [2.45, 2.75) is 45.3 Å². The van der Waals surface area contributed by atoms with E-state index < -0.39 is 0 Å². The number of amides is 1. The second-order valence-corrected chi connectivity index (χ2v) is 10.9. The van der Waals surface area contributed by atoms with E-state index >= 15 is 0 Å². The molecule has 0 radical (unpaired) electrons. The van der Waals surface area contributed by atoms with Crippen LogP contribution in [0.5, 0.6) is 11.5 Å². The van der Waals surface area contributed by atoms with E-state index in [-0.39, 0.29) is 23.7 Å². The quantitative estimate of drug-likeness (QED) is 0.610. The third-order valence-corrected chi connectivity index (χ3v) is 8.00. The van der Waals surface area contributed by atoms with E-state index in [1.54, 1.807) is 14.2 Å². The average Bonchev–Trinajstić information content (AvgIpc) is 3.07. The van der Waals surface area contributed by atoms with Gasteiger partial charge in [-0.1, -0.05) is 25.4 Å². The summed E-state index contributed by atoms with van der Waals surface area (Å²) in [7, 11) is 3.31. The summed E-state index contributed by atoms with van der Waals surface area (Å²) in [5.41, 5.74) is 3.88. The van der Waals surface area contributed by atoms with Crippen molar-refractivity contribution in [3.05, 3.63) is 46.5 Å². The maximum atomic E-state index is 13.0. The Hall–Kier alpha value is -2.44. The molecule has 0 aromatic heterocycles. The standard InChI is InChI=1S/C27H33ClN2O4/c1-27(2)14-17-11-20(21-12-18(28)5-6-22(21)32-3)23(33-4)13-19(17)25(27)29-26(31)34-24-15-30-9-7-16(24)8-10-30/h5-6,11-13,16,24-25H,7-10,14-15H2,1-4H3,(H,29,31)/t24-,25?/m1/s1. The van der Waals surface area contributed by atoms with E-state index in [2.05, 4.69) is 30.1 Å². The van der Waals surface area contributed by atoms with Crippen LogP contribution in [0.1, 0.15) is 43.9 Å². The van der Waals surface area contributed by atoms with Gasteiger partial charge in [0, 0.05) is 22.7 Å². The molecule has 6 nitrogen and oxygen atoms in total. The van der Waals surface area contributed by atoms with Crippen molar-refractivity contribution in [3.63, 3.8) is 0 Å². The summed E-state index contributed by atoms with van der Waals surface area (Å²) >= 11 is 6.30. The van der Waals surface area contributed by atoms with Gasteiger partial charge in [-0.05, 0) is 85.1 Å². The van der Waals surface area contributed by atoms with Gasteiger partial charge in [0.1, 0.15) is 17.6 Å². The minimum Gasteiger partial charge on any atom is -0.496 e. The largest absolute Gasteiger partial charge is 0.496 e. The molecule has 1 amide bonds. The summed E-state index contributed by atoms with van der Waals surface area (Å²) in [6.45, 7) is 7.45. The monoisotopic (exact) mass is 484 g/mol. The summed E-state index contributed by atoms with van der Waals surface area (Å²) in [5, 5.41) is 3.83. The molecule has 3 heterocycles. The molecule has 3 saturated heterocycles. The molecule has 2 aromatic rings. The zero-order valence-electron chi connectivity index (χ0n) is 20.3. The zero-order chi connectivity index (χ0) is 24.0. The molecule has 1 N–H and O–H groups in total. The molecule has 1 unspecified atom stereocenters. The maximum absolute atomic E-state index is 13.0. The van der Waals surface area contributed by atoms with Crippen LogP contribution in [0.25, 0.3) is 11.1 Å². The molecule has 3 fully saturated rings. The molecular weight excluding hydrogens is 452 g/mol. The highest BCUT2D eigenvalue weighted by atomic mass is 35.5. The molecule has 182 valence electrons. The van der Waals surface area contributed by atoms with Crippen LogP contribution >= 0.6 is 11.6 Å². The van der Waals surface area contributed by atoms with Gasteiger partial charge >= 0.3 is 6.09 Å². The van der Waals surface area contributed by atoms with Crippen molar-refractivity contribution >= 4 is 17.7 Å². The smallest absolute Gasteiger partial charge is 0.407 e. The van der Waals surface area contributed by atoms with Crippen LogP contribution in [0.2, 0.25) is 5.02 Å². The number of halogens is 1. The minimum atomic E-state index is -0.329. The van der Waals surface area contributed by atoms with Gasteiger partial charge in [0.2, 0.25) is 0 Å². The van der Waals surface area contributed by atoms with Crippen molar-refractivity contribution in [2.75, 3.05) is 33.9 Å². The Morgan fingerprint density at radius 2 is 1.76 bits per heavy atom. The Morgan fingerprint density at radius 3 is 2.41 bits per heavy atom. The molecule has 7 heteroatoms. The fourth-order valence-corrected chi connectivity index (χ4v) is 6.13. The number of nitrogens with one attached hydrogen (secondary N) is 1. The number of fused-ring (bicyclic) bond motifs is 4. The second kappa shape index (κ2) is 8.97. The molecule has 2 atom stereocenters. The van der Waals surface area contributed by atoms with Crippen molar-refractivity contribution in [3.8, 4) is 22.6 Å². The molecule has 6 rings (SSSR count). The summed E-state index contributed by atoms with van der Waals surface area (Å²) in [5.74, 6) is 1.93. The predicted octanol–water partition coefficient (Wildman–Crippen LogP) is 5.47. The lowest BCUT2D eigenvalue weighted by Gasteiger charge is -2.44. The molecule has 4 aliphatic rings. The first-order valence-corrected chi connectivity index (χ1v) is 12.4. The van der Waals surface area contributed by atoms with Crippen LogP contribution in [-0.4, -0.2) is 51.0 Å². The van der Waals surface area contributed by atoms with Gasteiger partial charge in [0.15, 0.2) is 0 Å². The number of ether oxygens (including phenoxy) is 3. The number of methoxy groups -OCH3 is 2. The molecule has 2 aromatic carbocycles. The van der Waals surface area contributed by atoms with Gasteiger partial charge in [-0.2, -0.15) is 0 Å². The highest BCUT2D eigenvalue weighted by molar-refractivity contribution is 6.31. The average molecular weight is 485 g/mol. The van der Waals surface area contributed by atoms with Crippen molar-refractivity contribution in [1.82, 2.24) is 10.2 Å². The van der Waals surface area contributed by atoms with Crippen LogP contribution < -0.4 is 14.8 Å². The van der Waals surface area contributed by atoms with E-state index in [0.29, 0.717) is 10.9 Å². The highest BCUT2D eigenvalue weighted by Crippen LogP contribution is 2.49. The van der Waals surface area contributed by atoms with Gasteiger partial charge in [-0.25, -0.2) is 4.79 Å². The fourth-order valence-electron chi connectivity index (χ4n) is 5.95. The summed E-state index contributed by atoms with van der Waals surface area (Å²) < 4.78 is 17.3. The van der Waals surface area contributed by atoms with Gasteiger partial charge in [-0.15, -0.1) is 0 Å². The van der Waals surface area contributed by atoms with Crippen LogP contribution in [0.3, 0.4) is 0 Å². The van der Waals surface area contributed by atoms with Gasteiger partial charge in [0.25, 0.3) is 0 Å². The highest BCUT2D eigenvalue weighted by Gasteiger charge is 2.42. The zero-order valence-corrected chi connectivity index (χ0v) is 21.1. The van der Waals surface area contributed by atoms with E-state index in [1.807, 2.05) is 24.3 Å². The first kappa shape index (κ1) is 23.3. The molecule has 1 aliphatic carbocycles. The third kappa shape index (κ3) is 4.22. The molecule has 0 saturated carbocycles. The Balaban J connectivity index is 1.42. The van der Waals surface area contributed by atoms with Crippen molar-refractivity contribution in [1.29, 1.82) is 0 Å². The third-order valence-electron chi connectivity index (χ3n) is 7.77. The van der Waals surface area contributed by atoms with E-state index in [4.69, 9.17) is 25.8 Å². The first-order valence-electron chi connectivity index (χ1n) is 12.0. The van der Waals surface area contributed by atoms with Crippen LogP contribution in [0.4, 0.5) is 4.79 Å². The van der Waals surface area contributed by atoms with Gasteiger partial charge in [0.05, 0.1) is 20.3 Å². The SMILES string of the molecule is COc1ccc(Cl)cc1-c1cc2c(cc1OC)C(NC(=O)O[C@@H]1CN3CCC1CC3)C(C)(C)C2. The van der Waals surface area contributed by atoms with Crippen LogP contribution in [0.15, 0.2) is 30.3 Å². The number of carbonyl (C=O) groups excluding carboxylic acids is 1. The molecule has 3 aliphatic heterocycles. The Bertz CT molecular complexity index is 1090. The number of nitrogens with zero attached hydrogens (tertiary/aromatic N) is 1. The normalized spacial score (nSPS) is 26.6. The number of alkyl carbamates (subject to hydrolysis) is 1. The van der Waals surface area contributed by atoms with Crippen LogP contribution in [0, 0.1) is 11.3 Å². The van der Waals surface area contributed by atoms with E-state index in [0.717, 1.165) is 67.1 Å². The minimum absolute atomic E-state index is 0.0151. The summed E-state index contributed by atoms with van der Waals surface area (Å²) in [6, 6.07) is 9.59. The second-order valence-electron chi connectivity index (χ2n) is 10.4. The summed E-state index contributed by atoms with van der Waals surface area (Å²) in [6.07, 6.45) is 2.71. The number of rotatable bonds is 5. The molecule has 2 bridgehead atoms. The van der Waals surface area contributed by atoms with Crippen molar-refractivity contribution in [2.24, 2.45) is 11.3 Å². The molecule has 34 heavy (non-hydrogen) atoms. The lowest BCUT2D eigenvalue weighted by atomic mass is 9.85. The van der Waals surface area contributed by atoms with Crippen molar-refractivity contribution < 1.29 is 19.0 Å².